The Morgan fingerprint density at radius 2 is 2.00 bits per heavy atom. The van der Waals surface area contributed by atoms with Gasteiger partial charge < -0.3 is 10.1 Å². The minimum atomic E-state index is -0.208. The molecule has 0 radical (unpaired) electrons. The van der Waals surface area contributed by atoms with Crippen molar-refractivity contribution in [2.75, 3.05) is 6.61 Å². The average molecular weight is 399 g/mol. The minimum Gasteiger partial charge on any atom is -0.493 e. The molecule has 4 nitrogen and oxygen atoms in total. The van der Waals surface area contributed by atoms with Gasteiger partial charge in [0, 0.05) is 11.6 Å². The number of rotatable bonds is 4. The molecule has 0 spiro atoms. The third-order valence-electron chi connectivity index (χ3n) is 3.91. The summed E-state index contributed by atoms with van der Waals surface area (Å²) in [5.74, 6) is 0.517. The topological polar surface area (TPSA) is 50.4 Å². The summed E-state index contributed by atoms with van der Waals surface area (Å²) in [7, 11) is 0. The minimum absolute atomic E-state index is 0.208. The van der Waals surface area contributed by atoms with Crippen LogP contribution in [0, 0.1) is 0 Å². The Morgan fingerprint density at radius 3 is 2.61 bits per heavy atom. The molecule has 0 aliphatic heterocycles. The molecule has 0 heterocycles. The van der Waals surface area contributed by atoms with Crippen molar-refractivity contribution in [1.29, 1.82) is 0 Å². The third-order valence-corrected chi connectivity index (χ3v) is 4.75. The molecule has 1 fully saturated rings. The fourth-order valence-electron chi connectivity index (χ4n) is 2.74. The molecule has 0 unspecified atom stereocenters. The van der Waals surface area contributed by atoms with E-state index in [2.05, 4.69) is 26.6 Å². The van der Waals surface area contributed by atoms with E-state index in [4.69, 9.17) is 17.0 Å². The lowest BCUT2D eigenvalue weighted by molar-refractivity contribution is 0.0976. The number of carbonyl (C=O) groups is 1. The Morgan fingerprint density at radius 1 is 1.30 bits per heavy atom. The van der Waals surface area contributed by atoms with Gasteiger partial charge in [0.05, 0.1) is 11.1 Å². The highest BCUT2D eigenvalue weighted by molar-refractivity contribution is 9.10. The van der Waals surface area contributed by atoms with Gasteiger partial charge in [0.2, 0.25) is 0 Å². The van der Waals surface area contributed by atoms with Crippen LogP contribution in [0.15, 0.2) is 22.7 Å². The number of thiocarbonyl (C=S) groups is 1. The van der Waals surface area contributed by atoms with E-state index in [-0.39, 0.29) is 5.91 Å². The Hall–Kier alpha value is -1.14. The lowest BCUT2D eigenvalue weighted by Gasteiger charge is -2.18. The van der Waals surface area contributed by atoms with Gasteiger partial charge in [-0.2, -0.15) is 0 Å². The first-order valence-electron chi connectivity index (χ1n) is 8.14. The average Bonchev–Trinajstić information content (AvgIpc) is 2.78. The fraction of sp³-hybridized carbons (Fsp3) is 0.529. The van der Waals surface area contributed by atoms with Crippen LogP contribution in [-0.4, -0.2) is 23.7 Å². The first kappa shape index (κ1) is 18.2. The van der Waals surface area contributed by atoms with E-state index >= 15 is 0 Å². The van der Waals surface area contributed by atoms with Crippen molar-refractivity contribution in [2.45, 2.75) is 51.5 Å². The van der Waals surface area contributed by atoms with Gasteiger partial charge in [-0.15, -0.1) is 0 Å². The molecule has 126 valence electrons. The highest BCUT2D eigenvalue weighted by Crippen LogP contribution is 2.26. The van der Waals surface area contributed by atoms with Crippen LogP contribution in [0.4, 0.5) is 0 Å². The number of amides is 1. The molecule has 2 rings (SSSR count). The molecule has 1 amide bonds. The number of nitrogens with one attached hydrogen (secondary N) is 2. The van der Waals surface area contributed by atoms with Crippen LogP contribution in [0.1, 0.15) is 55.8 Å². The van der Waals surface area contributed by atoms with E-state index in [1.165, 1.54) is 25.7 Å². The lowest BCUT2D eigenvalue weighted by atomic mass is 10.1. The molecule has 2 N–H and O–H groups in total. The maximum absolute atomic E-state index is 12.3. The Balaban J connectivity index is 1.90. The molecule has 0 aromatic heterocycles. The van der Waals surface area contributed by atoms with Crippen LogP contribution in [0.25, 0.3) is 0 Å². The number of ether oxygens (including phenoxy) is 1. The van der Waals surface area contributed by atoms with Crippen molar-refractivity contribution in [3.05, 3.63) is 28.2 Å². The molecule has 0 saturated heterocycles. The summed E-state index contributed by atoms with van der Waals surface area (Å²) in [6.07, 6.45) is 7.25. The zero-order valence-corrected chi connectivity index (χ0v) is 15.8. The second-order valence-corrected chi connectivity index (χ2v) is 6.96. The van der Waals surface area contributed by atoms with Crippen LogP contribution in [-0.2, 0) is 0 Å². The van der Waals surface area contributed by atoms with Crippen LogP contribution >= 0.6 is 28.1 Å². The Kier molecular flexibility index (Phi) is 7.30. The number of halogens is 1. The number of hydrogen-bond acceptors (Lipinski definition) is 3. The van der Waals surface area contributed by atoms with E-state index in [0.717, 1.165) is 23.1 Å². The largest absolute Gasteiger partial charge is 0.493 e. The zero-order chi connectivity index (χ0) is 16.7. The summed E-state index contributed by atoms with van der Waals surface area (Å²) in [6.45, 7) is 2.50. The van der Waals surface area contributed by atoms with Crippen molar-refractivity contribution < 1.29 is 9.53 Å². The molecule has 1 aliphatic rings. The van der Waals surface area contributed by atoms with Crippen molar-refractivity contribution >= 4 is 39.2 Å². The van der Waals surface area contributed by atoms with Gasteiger partial charge >= 0.3 is 0 Å². The van der Waals surface area contributed by atoms with Crippen molar-refractivity contribution in [3.8, 4) is 5.75 Å². The predicted molar refractivity (Wildman–Crippen MR) is 100 cm³/mol. The van der Waals surface area contributed by atoms with E-state index in [0.29, 0.717) is 23.3 Å². The maximum atomic E-state index is 12.3. The summed E-state index contributed by atoms with van der Waals surface area (Å²) >= 11 is 8.69. The van der Waals surface area contributed by atoms with Crippen LogP contribution in [0.5, 0.6) is 5.75 Å². The molecule has 0 bridgehead atoms. The molecule has 1 aliphatic carbocycles. The maximum Gasteiger partial charge on any atom is 0.257 e. The molecule has 0 atom stereocenters. The van der Waals surface area contributed by atoms with E-state index in [9.17, 15) is 4.79 Å². The van der Waals surface area contributed by atoms with Crippen LogP contribution in [0.2, 0.25) is 0 Å². The first-order valence-corrected chi connectivity index (χ1v) is 9.34. The third kappa shape index (κ3) is 5.77. The standard InChI is InChI=1S/C17H23BrN2O2S/c1-2-22-15-10-9-12(11-14(15)18)16(21)20-17(23)19-13-7-5-3-4-6-8-13/h9-11,13H,2-8H2,1H3,(H2,19,20,21,23). The van der Waals surface area contributed by atoms with Crippen LogP contribution < -0.4 is 15.4 Å². The first-order chi connectivity index (χ1) is 11.1. The van der Waals surface area contributed by atoms with Gasteiger partial charge in [0.25, 0.3) is 5.91 Å². The summed E-state index contributed by atoms with van der Waals surface area (Å²) in [6, 6.07) is 5.63. The fourth-order valence-corrected chi connectivity index (χ4v) is 3.49. The molecule has 23 heavy (non-hydrogen) atoms. The highest BCUT2D eigenvalue weighted by Gasteiger charge is 2.15. The van der Waals surface area contributed by atoms with Crippen LogP contribution in [0.3, 0.4) is 0 Å². The van der Waals surface area contributed by atoms with Crippen molar-refractivity contribution in [2.24, 2.45) is 0 Å². The second-order valence-electron chi connectivity index (χ2n) is 5.69. The quantitative estimate of drug-likeness (QED) is 0.589. The smallest absolute Gasteiger partial charge is 0.257 e. The number of carbonyl (C=O) groups excluding carboxylic acids is 1. The molecule has 1 aromatic rings. The molecule has 6 heteroatoms. The number of hydrogen-bond donors (Lipinski definition) is 2. The van der Waals surface area contributed by atoms with Gasteiger partial charge in [0.1, 0.15) is 5.75 Å². The molecular weight excluding hydrogens is 376 g/mol. The summed E-state index contributed by atoms with van der Waals surface area (Å²) in [5.41, 5.74) is 0.547. The predicted octanol–water partition coefficient (Wildman–Crippen LogP) is 4.17. The van der Waals surface area contributed by atoms with E-state index in [1.807, 2.05) is 6.92 Å². The summed E-state index contributed by atoms with van der Waals surface area (Å²) in [5, 5.41) is 6.44. The normalized spacial score (nSPS) is 15.6. The SMILES string of the molecule is CCOc1ccc(C(=O)NC(=S)NC2CCCCCC2)cc1Br. The van der Waals surface area contributed by atoms with E-state index in [1.54, 1.807) is 18.2 Å². The Bertz CT molecular complexity index is 558. The van der Waals surface area contributed by atoms with Gasteiger partial charge in [0.15, 0.2) is 5.11 Å². The lowest BCUT2D eigenvalue weighted by Crippen LogP contribution is -2.44. The van der Waals surface area contributed by atoms with Gasteiger partial charge in [-0.25, -0.2) is 0 Å². The van der Waals surface area contributed by atoms with Crippen molar-refractivity contribution in [3.63, 3.8) is 0 Å². The monoisotopic (exact) mass is 398 g/mol. The summed E-state index contributed by atoms with van der Waals surface area (Å²) in [4.78, 5) is 12.3. The Labute approximate surface area is 151 Å². The van der Waals surface area contributed by atoms with Gasteiger partial charge in [-0.3, -0.25) is 10.1 Å². The van der Waals surface area contributed by atoms with E-state index < -0.39 is 0 Å². The second kappa shape index (κ2) is 9.23. The van der Waals surface area contributed by atoms with Gasteiger partial charge in [-0.05, 0) is 66.1 Å². The number of benzene rings is 1. The van der Waals surface area contributed by atoms with Gasteiger partial charge in [-0.1, -0.05) is 25.7 Å². The molecule has 1 saturated carbocycles. The summed E-state index contributed by atoms with van der Waals surface area (Å²) < 4.78 is 6.21. The highest BCUT2D eigenvalue weighted by atomic mass is 79.9. The molecular formula is C17H23BrN2O2S. The van der Waals surface area contributed by atoms with Crippen molar-refractivity contribution in [1.82, 2.24) is 10.6 Å². The molecule has 1 aromatic carbocycles. The zero-order valence-electron chi connectivity index (χ0n) is 13.4.